The van der Waals surface area contributed by atoms with Gasteiger partial charge in [0.1, 0.15) is 12.2 Å². The van der Waals surface area contributed by atoms with Crippen molar-refractivity contribution in [1.29, 1.82) is 5.26 Å². The summed E-state index contributed by atoms with van der Waals surface area (Å²) in [7, 11) is 0. The number of nitriles is 1. The second-order valence-corrected chi connectivity index (χ2v) is 3.10. The van der Waals surface area contributed by atoms with Crippen molar-refractivity contribution in [2.24, 2.45) is 0 Å². The molecule has 13 heavy (non-hydrogen) atoms. The van der Waals surface area contributed by atoms with E-state index >= 15 is 0 Å². The summed E-state index contributed by atoms with van der Waals surface area (Å²) in [4.78, 5) is 10.6. The Morgan fingerprint density at radius 2 is 2.15 bits per heavy atom. The van der Waals surface area contributed by atoms with Crippen LogP contribution in [0.1, 0.15) is 22.6 Å². The summed E-state index contributed by atoms with van der Waals surface area (Å²) in [6.07, 6.45) is 0.682. The fraction of sp³-hybridized carbons (Fsp3) is 0.273. The molecule has 0 spiro atoms. The van der Waals surface area contributed by atoms with Crippen LogP contribution >= 0.6 is 0 Å². The zero-order chi connectivity index (χ0) is 9.84. The number of hydrogen-bond acceptors (Lipinski definition) is 2. The van der Waals surface area contributed by atoms with Gasteiger partial charge in [-0.1, -0.05) is 23.8 Å². The lowest BCUT2D eigenvalue weighted by Crippen LogP contribution is -1.99. The first-order valence-corrected chi connectivity index (χ1v) is 4.11. The lowest BCUT2D eigenvalue weighted by atomic mass is 9.95. The average Bonchev–Trinajstić information content (AvgIpc) is 2.13. The number of hydrogen-bond donors (Lipinski definition) is 0. The van der Waals surface area contributed by atoms with E-state index in [0.717, 1.165) is 16.7 Å². The maximum atomic E-state index is 10.6. The number of nitrogens with zero attached hydrogens (tertiary/aromatic N) is 1. The molecule has 2 heteroatoms. The van der Waals surface area contributed by atoms with Crippen molar-refractivity contribution in [2.45, 2.75) is 19.8 Å². The predicted octanol–water partition coefficient (Wildman–Crippen LogP) is 2.11. The Morgan fingerprint density at radius 3 is 2.69 bits per heavy atom. The third kappa shape index (κ3) is 1.94. The van der Waals surface area contributed by atoms with E-state index in [1.165, 1.54) is 0 Å². The predicted molar refractivity (Wildman–Crippen MR) is 50.3 cm³/mol. The molecule has 0 aromatic heterocycles. The minimum absolute atomic E-state index is 0.625. The lowest BCUT2D eigenvalue weighted by molar-refractivity contribution is -0.108. The standard InChI is InChI=1S/C11H11NO/c1-8-3-4-9(2)11(5-8)10(6-12)7-13/h3-5,7,10H,1-2H3. The first kappa shape index (κ1) is 9.47. The maximum Gasteiger partial charge on any atom is 0.141 e. The number of aldehydes is 1. The average molecular weight is 173 g/mol. The van der Waals surface area contributed by atoms with Gasteiger partial charge in [-0.25, -0.2) is 0 Å². The van der Waals surface area contributed by atoms with Gasteiger partial charge < -0.3 is 4.79 Å². The SMILES string of the molecule is Cc1ccc(C)c(C(C#N)C=O)c1. The van der Waals surface area contributed by atoms with Crippen molar-refractivity contribution >= 4 is 6.29 Å². The van der Waals surface area contributed by atoms with Crippen LogP contribution in [-0.2, 0) is 4.79 Å². The largest absolute Gasteiger partial charge is 0.302 e. The summed E-state index contributed by atoms with van der Waals surface area (Å²) in [5, 5.41) is 8.71. The molecule has 0 aliphatic rings. The monoisotopic (exact) mass is 173 g/mol. The fourth-order valence-electron chi connectivity index (χ4n) is 1.27. The van der Waals surface area contributed by atoms with Gasteiger partial charge in [0.25, 0.3) is 0 Å². The maximum absolute atomic E-state index is 10.6. The van der Waals surface area contributed by atoms with E-state index in [-0.39, 0.29) is 0 Å². The van der Waals surface area contributed by atoms with E-state index in [2.05, 4.69) is 0 Å². The molecule has 66 valence electrons. The van der Waals surface area contributed by atoms with Crippen LogP contribution in [-0.4, -0.2) is 6.29 Å². The van der Waals surface area contributed by atoms with Gasteiger partial charge >= 0.3 is 0 Å². The summed E-state index contributed by atoms with van der Waals surface area (Å²) >= 11 is 0. The Balaban J connectivity index is 3.20. The summed E-state index contributed by atoms with van der Waals surface area (Å²) in [6, 6.07) is 7.75. The Morgan fingerprint density at radius 1 is 1.46 bits per heavy atom. The smallest absolute Gasteiger partial charge is 0.141 e. The van der Waals surface area contributed by atoms with Gasteiger partial charge in [-0.15, -0.1) is 0 Å². The zero-order valence-electron chi connectivity index (χ0n) is 7.74. The molecule has 0 heterocycles. The quantitative estimate of drug-likeness (QED) is 0.642. The van der Waals surface area contributed by atoms with Crippen LogP contribution in [0, 0.1) is 25.2 Å². The van der Waals surface area contributed by atoms with Gasteiger partial charge in [-0.05, 0) is 25.0 Å². The van der Waals surface area contributed by atoms with Crippen LogP contribution in [0.3, 0.4) is 0 Å². The summed E-state index contributed by atoms with van der Waals surface area (Å²) in [5.74, 6) is -0.625. The van der Waals surface area contributed by atoms with Crippen molar-refractivity contribution in [1.82, 2.24) is 0 Å². The molecule has 0 saturated carbocycles. The highest BCUT2D eigenvalue weighted by Gasteiger charge is 2.11. The van der Waals surface area contributed by atoms with Crippen LogP contribution in [0.15, 0.2) is 18.2 Å². The zero-order valence-corrected chi connectivity index (χ0v) is 7.74. The van der Waals surface area contributed by atoms with Crippen LogP contribution < -0.4 is 0 Å². The lowest BCUT2D eigenvalue weighted by Gasteiger charge is -2.06. The summed E-state index contributed by atoms with van der Waals surface area (Å²) < 4.78 is 0. The molecule has 0 radical (unpaired) electrons. The molecule has 0 aliphatic heterocycles. The van der Waals surface area contributed by atoms with Crippen molar-refractivity contribution in [2.75, 3.05) is 0 Å². The minimum Gasteiger partial charge on any atom is -0.302 e. The summed E-state index contributed by atoms with van der Waals surface area (Å²) in [5.41, 5.74) is 2.88. The van der Waals surface area contributed by atoms with Crippen molar-refractivity contribution in [3.63, 3.8) is 0 Å². The van der Waals surface area contributed by atoms with Crippen molar-refractivity contribution in [3.8, 4) is 6.07 Å². The van der Waals surface area contributed by atoms with E-state index in [1.807, 2.05) is 38.1 Å². The first-order chi connectivity index (χ1) is 6.19. The van der Waals surface area contributed by atoms with E-state index in [9.17, 15) is 4.79 Å². The highest BCUT2D eigenvalue weighted by Crippen LogP contribution is 2.18. The van der Waals surface area contributed by atoms with Crippen LogP contribution in [0.25, 0.3) is 0 Å². The number of rotatable bonds is 2. The number of carbonyl (C=O) groups excluding carboxylic acids is 1. The Kier molecular flexibility index (Phi) is 2.81. The second-order valence-electron chi connectivity index (χ2n) is 3.10. The van der Waals surface area contributed by atoms with E-state index in [0.29, 0.717) is 6.29 Å². The second kappa shape index (κ2) is 3.86. The Bertz CT molecular complexity index is 363. The summed E-state index contributed by atoms with van der Waals surface area (Å²) in [6.45, 7) is 3.85. The minimum atomic E-state index is -0.625. The molecule has 0 aliphatic carbocycles. The molecule has 1 rings (SSSR count). The number of aryl methyl sites for hydroxylation is 2. The molecule has 0 fully saturated rings. The number of carbonyl (C=O) groups is 1. The van der Waals surface area contributed by atoms with Gasteiger partial charge in [-0.3, -0.25) is 0 Å². The topological polar surface area (TPSA) is 40.9 Å². The molecule has 1 atom stereocenters. The third-order valence-corrected chi connectivity index (χ3v) is 2.04. The Hall–Kier alpha value is -1.62. The molecule has 1 unspecified atom stereocenters. The van der Waals surface area contributed by atoms with Crippen molar-refractivity contribution < 1.29 is 4.79 Å². The van der Waals surface area contributed by atoms with E-state index < -0.39 is 5.92 Å². The fourth-order valence-corrected chi connectivity index (χ4v) is 1.27. The third-order valence-electron chi connectivity index (χ3n) is 2.04. The van der Waals surface area contributed by atoms with Gasteiger partial charge in [0.15, 0.2) is 0 Å². The number of benzene rings is 1. The van der Waals surface area contributed by atoms with Gasteiger partial charge in [0.05, 0.1) is 6.07 Å². The van der Waals surface area contributed by atoms with Crippen LogP contribution in [0.5, 0.6) is 0 Å². The molecule has 1 aromatic rings. The molecular formula is C11H11NO. The molecule has 2 nitrogen and oxygen atoms in total. The molecular weight excluding hydrogens is 162 g/mol. The Labute approximate surface area is 77.8 Å². The molecule has 0 amide bonds. The van der Waals surface area contributed by atoms with Crippen LogP contribution in [0.4, 0.5) is 0 Å². The highest BCUT2D eigenvalue weighted by molar-refractivity contribution is 5.67. The molecule has 0 bridgehead atoms. The normalized spacial score (nSPS) is 11.8. The van der Waals surface area contributed by atoms with Crippen molar-refractivity contribution in [3.05, 3.63) is 34.9 Å². The first-order valence-electron chi connectivity index (χ1n) is 4.11. The van der Waals surface area contributed by atoms with E-state index in [1.54, 1.807) is 0 Å². The van der Waals surface area contributed by atoms with Gasteiger partial charge in [0.2, 0.25) is 0 Å². The van der Waals surface area contributed by atoms with E-state index in [4.69, 9.17) is 5.26 Å². The van der Waals surface area contributed by atoms with Crippen LogP contribution in [0.2, 0.25) is 0 Å². The molecule has 0 saturated heterocycles. The van der Waals surface area contributed by atoms with Gasteiger partial charge in [-0.2, -0.15) is 5.26 Å². The van der Waals surface area contributed by atoms with Gasteiger partial charge in [0, 0.05) is 0 Å². The molecule has 0 N–H and O–H groups in total. The molecule has 1 aromatic carbocycles. The highest BCUT2D eigenvalue weighted by atomic mass is 16.1.